The first-order valence-electron chi connectivity index (χ1n) is 6.82. The molecule has 5 heteroatoms. The first-order chi connectivity index (χ1) is 9.47. The first kappa shape index (κ1) is 14.8. The maximum absolute atomic E-state index is 12.2. The molecule has 2 heterocycles. The molecule has 108 valence electrons. The van der Waals surface area contributed by atoms with Crippen molar-refractivity contribution in [1.29, 1.82) is 0 Å². The zero-order valence-corrected chi connectivity index (χ0v) is 12.7. The summed E-state index contributed by atoms with van der Waals surface area (Å²) in [6, 6.07) is 4.18. The molecule has 0 aliphatic carbocycles. The summed E-state index contributed by atoms with van der Waals surface area (Å²) in [5.41, 5.74) is 5.35. The molecular weight excluding hydrogens is 272 g/mol. The van der Waals surface area contributed by atoms with Crippen LogP contribution in [0.15, 0.2) is 18.2 Å². The molecule has 0 radical (unpaired) electrons. The minimum Gasteiger partial charge on any atom is -0.369 e. The highest BCUT2D eigenvalue weighted by Gasteiger charge is 2.30. The molecule has 1 fully saturated rings. The van der Waals surface area contributed by atoms with Gasteiger partial charge in [-0.05, 0) is 44.9 Å². The summed E-state index contributed by atoms with van der Waals surface area (Å²) in [6.45, 7) is 4.48. The largest absolute Gasteiger partial charge is 0.369 e. The van der Waals surface area contributed by atoms with Crippen LogP contribution >= 0.6 is 11.3 Å². The van der Waals surface area contributed by atoms with Crippen LogP contribution in [0.4, 0.5) is 0 Å². The van der Waals surface area contributed by atoms with E-state index in [0.717, 1.165) is 17.7 Å². The van der Waals surface area contributed by atoms with E-state index in [9.17, 15) is 9.59 Å². The molecule has 0 saturated carbocycles. The Morgan fingerprint density at radius 3 is 2.75 bits per heavy atom. The standard InChI is InChI=1S/C15H20N2O2S/c1-10-3-5-12(15(16)19)9-17(10)14(18)8-7-13-6-4-11(2)20-13/h4,6-8,10,12H,3,5,9H2,1-2H3,(H2,16,19)/b8-7-/t10-,12+/m0/s1. The average molecular weight is 292 g/mol. The summed E-state index contributed by atoms with van der Waals surface area (Å²) < 4.78 is 0. The number of carbonyl (C=O) groups excluding carboxylic acids is 2. The zero-order valence-electron chi connectivity index (χ0n) is 11.8. The number of thiophene rings is 1. The number of amides is 2. The lowest BCUT2D eigenvalue weighted by Gasteiger charge is -2.36. The summed E-state index contributed by atoms with van der Waals surface area (Å²) in [6.07, 6.45) is 5.02. The smallest absolute Gasteiger partial charge is 0.246 e. The van der Waals surface area contributed by atoms with Crippen LogP contribution in [0.2, 0.25) is 0 Å². The lowest BCUT2D eigenvalue weighted by Crippen LogP contribution is -2.48. The highest BCUT2D eigenvalue weighted by Crippen LogP contribution is 2.22. The number of hydrogen-bond acceptors (Lipinski definition) is 3. The number of carbonyl (C=O) groups is 2. The monoisotopic (exact) mass is 292 g/mol. The van der Waals surface area contributed by atoms with Crippen LogP contribution in [-0.4, -0.2) is 29.3 Å². The third-order valence-corrected chi connectivity index (χ3v) is 4.68. The molecule has 1 saturated heterocycles. The topological polar surface area (TPSA) is 63.4 Å². The van der Waals surface area contributed by atoms with Gasteiger partial charge in [-0.25, -0.2) is 0 Å². The maximum atomic E-state index is 12.2. The van der Waals surface area contributed by atoms with E-state index < -0.39 is 0 Å². The fourth-order valence-electron chi connectivity index (χ4n) is 2.44. The van der Waals surface area contributed by atoms with Crippen LogP contribution in [-0.2, 0) is 9.59 Å². The van der Waals surface area contributed by atoms with Crippen molar-refractivity contribution in [2.24, 2.45) is 11.7 Å². The van der Waals surface area contributed by atoms with Crippen molar-refractivity contribution in [2.45, 2.75) is 32.7 Å². The van der Waals surface area contributed by atoms with Crippen LogP contribution in [0.5, 0.6) is 0 Å². The quantitative estimate of drug-likeness (QED) is 0.868. The minimum atomic E-state index is -0.312. The van der Waals surface area contributed by atoms with Crippen LogP contribution in [0.3, 0.4) is 0 Å². The Hall–Kier alpha value is -1.62. The highest BCUT2D eigenvalue weighted by atomic mass is 32.1. The van der Waals surface area contributed by atoms with Crippen molar-refractivity contribution in [2.75, 3.05) is 6.54 Å². The molecule has 2 atom stereocenters. The van der Waals surface area contributed by atoms with Crippen LogP contribution in [0.25, 0.3) is 6.08 Å². The van der Waals surface area contributed by atoms with E-state index in [2.05, 4.69) is 0 Å². The van der Waals surface area contributed by atoms with Gasteiger partial charge in [0.15, 0.2) is 0 Å². The number of nitrogens with zero attached hydrogens (tertiary/aromatic N) is 1. The Bertz CT molecular complexity index is 536. The van der Waals surface area contributed by atoms with Crippen LogP contribution < -0.4 is 5.73 Å². The summed E-state index contributed by atoms with van der Waals surface area (Å²) in [5.74, 6) is -0.574. The highest BCUT2D eigenvalue weighted by molar-refractivity contribution is 7.12. The van der Waals surface area contributed by atoms with E-state index >= 15 is 0 Å². The zero-order chi connectivity index (χ0) is 14.7. The van der Waals surface area contributed by atoms with Crippen molar-refractivity contribution in [3.63, 3.8) is 0 Å². The van der Waals surface area contributed by atoms with Gasteiger partial charge in [-0.1, -0.05) is 0 Å². The van der Waals surface area contributed by atoms with Crippen molar-refractivity contribution >= 4 is 29.2 Å². The van der Waals surface area contributed by atoms with Crippen molar-refractivity contribution in [3.8, 4) is 0 Å². The average Bonchev–Trinajstić information content (AvgIpc) is 2.82. The second-order valence-electron chi connectivity index (χ2n) is 5.30. The molecular formula is C15H20N2O2S. The summed E-state index contributed by atoms with van der Waals surface area (Å²) >= 11 is 1.65. The fourth-order valence-corrected chi connectivity index (χ4v) is 3.22. The van der Waals surface area contributed by atoms with E-state index in [1.165, 1.54) is 4.88 Å². The van der Waals surface area contributed by atoms with Crippen molar-refractivity contribution < 1.29 is 9.59 Å². The molecule has 0 spiro atoms. The van der Waals surface area contributed by atoms with Gasteiger partial charge in [-0.15, -0.1) is 11.3 Å². The number of hydrogen-bond donors (Lipinski definition) is 1. The molecule has 2 N–H and O–H groups in total. The Kier molecular flexibility index (Phi) is 4.60. The number of likely N-dealkylation sites (tertiary alicyclic amines) is 1. The molecule has 20 heavy (non-hydrogen) atoms. The van der Waals surface area contributed by atoms with Gasteiger partial charge in [0.2, 0.25) is 11.8 Å². The number of rotatable bonds is 3. The number of primary amides is 1. The predicted octanol–water partition coefficient (Wildman–Crippen LogP) is 2.18. The van der Waals surface area contributed by atoms with E-state index in [-0.39, 0.29) is 23.8 Å². The molecule has 4 nitrogen and oxygen atoms in total. The second kappa shape index (κ2) is 6.22. The Morgan fingerprint density at radius 1 is 1.40 bits per heavy atom. The van der Waals surface area contributed by atoms with Gasteiger partial charge in [0.25, 0.3) is 0 Å². The van der Waals surface area contributed by atoms with Gasteiger partial charge in [0.05, 0.1) is 5.92 Å². The van der Waals surface area contributed by atoms with Crippen LogP contribution in [0.1, 0.15) is 29.5 Å². The third-order valence-electron chi connectivity index (χ3n) is 3.72. The normalized spacial score (nSPS) is 23.2. The Balaban J connectivity index is 2.03. The predicted molar refractivity (Wildman–Crippen MR) is 81.2 cm³/mol. The molecule has 1 aliphatic rings. The fraction of sp³-hybridized carbons (Fsp3) is 0.467. The third kappa shape index (κ3) is 3.48. The van der Waals surface area contributed by atoms with Gasteiger partial charge < -0.3 is 10.6 Å². The maximum Gasteiger partial charge on any atom is 0.246 e. The summed E-state index contributed by atoms with van der Waals surface area (Å²) in [5, 5.41) is 0. The van der Waals surface area contributed by atoms with Gasteiger partial charge >= 0.3 is 0 Å². The van der Waals surface area contributed by atoms with Crippen molar-refractivity contribution in [3.05, 3.63) is 28.0 Å². The summed E-state index contributed by atoms with van der Waals surface area (Å²) in [4.78, 5) is 27.6. The number of aryl methyl sites for hydroxylation is 1. The lowest BCUT2D eigenvalue weighted by molar-refractivity contribution is -0.133. The van der Waals surface area contributed by atoms with E-state index in [1.54, 1.807) is 22.3 Å². The summed E-state index contributed by atoms with van der Waals surface area (Å²) in [7, 11) is 0. The molecule has 2 amide bonds. The number of piperidine rings is 1. The molecule has 1 aliphatic heterocycles. The van der Waals surface area contributed by atoms with E-state index in [4.69, 9.17) is 5.73 Å². The van der Waals surface area contributed by atoms with Gasteiger partial charge in [0.1, 0.15) is 0 Å². The van der Waals surface area contributed by atoms with E-state index in [0.29, 0.717) is 6.54 Å². The Labute approximate surface area is 123 Å². The molecule has 0 unspecified atom stereocenters. The molecule has 2 rings (SSSR count). The van der Waals surface area contributed by atoms with Crippen molar-refractivity contribution in [1.82, 2.24) is 4.90 Å². The molecule has 1 aromatic rings. The Morgan fingerprint density at radius 2 is 2.15 bits per heavy atom. The number of nitrogens with two attached hydrogens (primary N) is 1. The first-order valence-corrected chi connectivity index (χ1v) is 7.63. The molecule has 0 aromatic carbocycles. The van der Waals surface area contributed by atoms with Gasteiger partial charge in [-0.2, -0.15) is 0 Å². The van der Waals surface area contributed by atoms with E-state index in [1.807, 2.05) is 32.1 Å². The molecule has 1 aromatic heterocycles. The lowest BCUT2D eigenvalue weighted by atomic mass is 9.93. The second-order valence-corrected chi connectivity index (χ2v) is 6.62. The van der Waals surface area contributed by atoms with Crippen LogP contribution in [0, 0.1) is 12.8 Å². The minimum absolute atomic E-state index is 0.0468. The molecule has 0 bridgehead atoms. The SMILES string of the molecule is Cc1ccc(/C=C\C(=O)N2C[C@H](C(N)=O)CC[C@@H]2C)s1. The van der Waals surface area contributed by atoms with Gasteiger partial charge in [-0.3, -0.25) is 9.59 Å². The van der Waals surface area contributed by atoms with Gasteiger partial charge in [0, 0.05) is 28.4 Å².